The van der Waals surface area contributed by atoms with Crippen molar-refractivity contribution in [1.29, 1.82) is 0 Å². The van der Waals surface area contributed by atoms with Gasteiger partial charge in [-0.15, -0.1) is 0 Å². The van der Waals surface area contributed by atoms with Crippen LogP contribution in [0.25, 0.3) is 0 Å². The zero-order chi connectivity index (χ0) is 27.4. The summed E-state index contributed by atoms with van der Waals surface area (Å²) in [4.78, 5) is 34.4. The molecule has 1 fully saturated rings. The van der Waals surface area contributed by atoms with E-state index < -0.39 is 11.8 Å². The molecule has 1 saturated carbocycles. The zero-order valence-electron chi connectivity index (χ0n) is 23.5. The largest absolute Gasteiger partial charge is 0.497 e. The second-order valence-electron chi connectivity index (χ2n) is 10.7. The van der Waals surface area contributed by atoms with Crippen molar-refractivity contribution in [2.75, 3.05) is 31.7 Å². The number of anilines is 1. The zero-order valence-corrected chi connectivity index (χ0v) is 23.5. The number of hydrogen-bond acceptors (Lipinski definition) is 6. The number of ether oxygens (including phenoxy) is 2. The first kappa shape index (κ1) is 27.6. The first-order valence-corrected chi connectivity index (χ1v) is 13.7. The number of benzene rings is 2. The Labute approximate surface area is 226 Å². The Kier molecular flexibility index (Phi) is 8.70. The molecule has 2 aliphatic rings. The average Bonchev–Trinajstić information content (AvgIpc) is 2.92. The second kappa shape index (κ2) is 12.0. The van der Waals surface area contributed by atoms with Gasteiger partial charge in [0.2, 0.25) is 0 Å². The Balaban J connectivity index is 1.73. The molecule has 6 nitrogen and oxygen atoms in total. The number of carbonyl (C=O) groups is 2. The van der Waals surface area contributed by atoms with Crippen LogP contribution in [0.15, 0.2) is 64.8 Å². The lowest BCUT2D eigenvalue weighted by Crippen LogP contribution is -2.41. The molecule has 0 spiro atoms. The lowest BCUT2D eigenvalue weighted by atomic mass is 9.66. The highest BCUT2D eigenvalue weighted by atomic mass is 16.5. The molecule has 1 aliphatic carbocycles. The quantitative estimate of drug-likeness (QED) is 0.365. The van der Waals surface area contributed by atoms with Crippen molar-refractivity contribution in [3.8, 4) is 5.75 Å². The van der Waals surface area contributed by atoms with Gasteiger partial charge in [0.05, 0.1) is 25.2 Å². The number of allylic oxidation sites excluding steroid dienone is 1. The van der Waals surface area contributed by atoms with E-state index >= 15 is 0 Å². The van der Waals surface area contributed by atoms with Gasteiger partial charge in [0, 0.05) is 42.5 Å². The van der Waals surface area contributed by atoms with E-state index in [-0.39, 0.29) is 23.6 Å². The molecule has 6 heteroatoms. The summed E-state index contributed by atoms with van der Waals surface area (Å²) < 4.78 is 11.0. The number of aliphatic imine (C=N–C) groups is 1. The highest BCUT2D eigenvalue weighted by molar-refractivity contribution is 6.12. The van der Waals surface area contributed by atoms with Crippen LogP contribution in [0, 0.1) is 11.8 Å². The first-order valence-electron chi connectivity index (χ1n) is 13.7. The SMILES string of the molecule is CCN(CC)c1ccc([C@H]2C(C(=O)OCC(C)C)=C(C)N=C3C[C@@H](c4ccc(OC)cc4)CC(=O)C32)cc1. The van der Waals surface area contributed by atoms with Crippen molar-refractivity contribution < 1.29 is 19.1 Å². The predicted octanol–water partition coefficient (Wildman–Crippen LogP) is 6.32. The summed E-state index contributed by atoms with van der Waals surface area (Å²) in [5.74, 6) is -0.0592. The van der Waals surface area contributed by atoms with Gasteiger partial charge in [0.25, 0.3) is 0 Å². The van der Waals surface area contributed by atoms with Crippen molar-refractivity contribution in [2.45, 2.75) is 59.3 Å². The topological polar surface area (TPSA) is 68.2 Å². The van der Waals surface area contributed by atoms with Crippen molar-refractivity contribution in [3.05, 3.63) is 70.9 Å². The molecular formula is C32H40N2O4. The fourth-order valence-electron chi connectivity index (χ4n) is 5.71. The fraction of sp³-hybridized carbons (Fsp3) is 0.469. The summed E-state index contributed by atoms with van der Waals surface area (Å²) in [5, 5.41) is 0. The minimum absolute atomic E-state index is 0.0522. The molecular weight excluding hydrogens is 476 g/mol. The molecule has 38 heavy (non-hydrogen) atoms. The third-order valence-electron chi connectivity index (χ3n) is 7.69. The van der Waals surface area contributed by atoms with Crippen LogP contribution in [0.1, 0.15) is 70.4 Å². The normalized spacial score (nSPS) is 21.2. The molecule has 4 rings (SSSR count). The third kappa shape index (κ3) is 5.69. The Bertz CT molecular complexity index is 1210. The summed E-state index contributed by atoms with van der Waals surface area (Å²) >= 11 is 0. The highest BCUT2D eigenvalue weighted by Gasteiger charge is 2.46. The molecule has 0 radical (unpaired) electrons. The molecule has 1 aliphatic heterocycles. The molecule has 1 unspecified atom stereocenters. The summed E-state index contributed by atoms with van der Waals surface area (Å²) in [6.45, 7) is 12.3. The lowest BCUT2D eigenvalue weighted by molar-refractivity contribution is -0.140. The number of Topliss-reactive ketones (excluding diaryl/α,β-unsaturated/α-hetero) is 1. The van der Waals surface area contributed by atoms with E-state index in [1.165, 1.54) is 0 Å². The number of rotatable bonds is 9. The Morgan fingerprint density at radius 2 is 1.61 bits per heavy atom. The van der Waals surface area contributed by atoms with Gasteiger partial charge in [0.15, 0.2) is 0 Å². The maximum absolute atomic E-state index is 13.8. The van der Waals surface area contributed by atoms with Gasteiger partial charge >= 0.3 is 5.97 Å². The molecule has 3 atom stereocenters. The number of ketones is 1. The fourth-order valence-corrected chi connectivity index (χ4v) is 5.71. The van der Waals surface area contributed by atoms with Crippen LogP contribution in [0.3, 0.4) is 0 Å². The molecule has 2 aromatic rings. The Morgan fingerprint density at radius 1 is 0.974 bits per heavy atom. The molecule has 1 heterocycles. The van der Waals surface area contributed by atoms with Gasteiger partial charge < -0.3 is 14.4 Å². The summed E-state index contributed by atoms with van der Waals surface area (Å²) in [5.41, 5.74) is 5.19. The van der Waals surface area contributed by atoms with E-state index in [2.05, 4.69) is 43.0 Å². The van der Waals surface area contributed by atoms with E-state index in [4.69, 9.17) is 14.5 Å². The van der Waals surface area contributed by atoms with E-state index in [9.17, 15) is 9.59 Å². The lowest BCUT2D eigenvalue weighted by Gasteiger charge is -2.38. The summed E-state index contributed by atoms with van der Waals surface area (Å²) in [6.07, 6.45) is 1.10. The maximum Gasteiger partial charge on any atom is 0.336 e. The Morgan fingerprint density at radius 3 is 2.18 bits per heavy atom. The van der Waals surface area contributed by atoms with Crippen molar-refractivity contribution in [2.24, 2.45) is 16.8 Å². The van der Waals surface area contributed by atoms with Gasteiger partial charge in [-0.3, -0.25) is 9.79 Å². The number of nitrogens with zero attached hydrogens (tertiary/aromatic N) is 2. The third-order valence-corrected chi connectivity index (χ3v) is 7.69. The van der Waals surface area contributed by atoms with Gasteiger partial charge in [-0.1, -0.05) is 38.1 Å². The van der Waals surface area contributed by atoms with Crippen LogP contribution in [0.5, 0.6) is 5.75 Å². The van der Waals surface area contributed by atoms with E-state index in [1.54, 1.807) is 7.11 Å². The summed E-state index contributed by atoms with van der Waals surface area (Å²) in [6, 6.07) is 16.2. The van der Waals surface area contributed by atoms with Crippen LogP contribution in [0.4, 0.5) is 5.69 Å². The Hall–Kier alpha value is -3.41. The van der Waals surface area contributed by atoms with Gasteiger partial charge in [-0.25, -0.2) is 4.79 Å². The molecule has 0 N–H and O–H groups in total. The smallest absolute Gasteiger partial charge is 0.336 e. The molecule has 0 aromatic heterocycles. The number of fused-ring (bicyclic) bond motifs is 1. The molecule has 0 saturated heterocycles. The van der Waals surface area contributed by atoms with E-state index in [1.807, 2.05) is 45.0 Å². The molecule has 0 amide bonds. The van der Waals surface area contributed by atoms with E-state index in [0.717, 1.165) is 41.4 Å². The second-order valence-corrected chi connectivity index (χ2v) is 10.7. The predicted molar refractivity (Wildman–Crippen MR) is 152 cm³/mol. The number of hydrogen-bond donors (Lipinski definition) is 0. The molecule has 0 bridgehead atoms. The monoisotopic (exact) mass is 516 g/mol. The van der Waals surface area contributed by atoms with Crippen LogP contribution in [0.2, 0.25) is 0 Å². The van der Waals surface area contributed by atoms with Gasteiger partial charge in [-0.2, -0.15) is 0 Å². The number of esters is 1. The number of carbonyl (C=O) groups excluding carboxylic acids is 2. The van der Waals surface area contributed by atoms with Gasteiger partial charge in [0.1, 0.15) is 11.5 Å². The van der Waals surface area contributed by atoms with Crippen LogP contribution >= 0.6 is 0 Å². The minimum Gasteiger partial charge on any atom is -0.497 e. The number of methoxy groups -OCH3 is 1. The van der Waals surface area contributed by atoms with E-state index in [0.29, 0.717) is 30.7 Å². The summed E-state index contributed by atoms with van der Waals surface area (Å²) in [7, 11) is 1.65. The first-order chi connectivity index (χ1) is 18.3. The van der Waals surface area contributed by atoms with Crippen molar-refractivity contribution in [3.63, 3.8) is 0 Å². The van der Waals surface area contributed by atoms with Crippen LogP contribution < -0.4 is 9.64 Å². The van der Waals surface area contributed by atoms with Crippen molar-refractivity contribution >= 4 is 23.2 Å². The standard InChI is InChI=1S/C32H40N2O4/c1-7-34(8-2)25-13-9-23(10-14-25)30-29(32(36)38-19-20(3)4)21(5)33-27-17-24(18-28(35)31(27)30)22-11-15-26(37-6)16-12-22/h9-16,20,24,30-31H,7-8,17-19H2,1-6H3/t24-,30+,31?/m1/s1. The minimum atomic E-state index is -0.464. The van der Waals surface area contributed by atoms with Crippen molar-refractivity contribution in [1.82, 2.24) is 0 Å². The van der Waals surface area contributed by atoms with Gasteiger partial charge in [-0.05, 0) is 74.4 Å². The van der Waals surface area contributed by atoms with Crippen LogP contribution in [-0.4, -0.2) is 44.3 Å². The average molecular weight is 517 g/mol. The molecule has 202 valence electrons. The molecule has 2 aromatic carbocycles. The highest BCUT2D eigenvalue weighted by Crippen LogP contribution is 2.46. The van der Waals surface area contributed by atoms with Crippen LogP contribution in [-0.2, 0) is 14.3 Å². The maximum atomic E-state index is 13.8.